The van der Waals surface area contributed by atoms with Crippen molar-refractivity contribution in [1.29, 1.82) is 0 Å². The van der Waals surface area contributed by atoms with Crippen LogP contribution >= 0.6 is 0 Å². The Labute approximate surface area is 179 Å². The normalized spacial score (nSPS) is 10.4. The fourth-order valence-electron chi connectivity index (χ4n) is 2.67. The molecule has 0 spiro atoms. The Hall–Kier alpha value is -3.75. The van der Waals surface area contributed by atoms with Crippen molar-refractivity contribution < 1.29 is 33.0 Å². The molecule has 0 aliphatic carbocycles. The van der Waals surface area contributed by atoms with Crippen LogP contribution in [-0.4, -0.2) is 43.5 Å². The van der Waals surface area contributed by atoms with E-state index in [1.807, 2.05) is 19.1 Å². The summed E-state index contributed by atoms with van der Waals surface area (Å²) in [5.41, 5.74) is 0.633. The Bertz CT molecular complexity index is 986. The molecule has 9 nitrogen and oxygen atoms in total. The highest BCUT2D eigenvalue weighted by Crippen LogP contribution is 2.31. The Morgan fingerprint density at radius 2 is 1.68 bits per heavy atom. The van der Waals surface area contributed by atoms with Crippen LogP contribution in [0.2, 0.25) is 0 Å². The number of carbonyl (C=O) groups excluding carboxylic acids is 1. The summed E-state index contributed by atoms with van der Waals surface area (Å²) < 4.78 is 31.8. The average molecular weight is 428 g/mol. The van der Waals surface area contributed by atoms with E-state index in [9.17, 15) is 4.79 Å². The molecular formula is C22H24N2O7. The molecule has 0 atom stereocenters. The molecule has 0 saturated carbocycles. The number of hydrogen-bond donors (Lipinski definition) is 0. The molecular weight excluding hydrogens is 404 g/mol. The lowest BCUT2D eigenvalue weighted by atomic mass is 10.2. The van der Waals surface area contributed by atoms with E-state index in [0.717, 1.165) is 5.75 Å². The van der Waals surface area contributed by atoms with Crippen molar-refractivity contribution in [2.45, 2.75) is 20.0 Å². The Morgan fingerprint density at radius 1 is 0.968 bits per heavy atom. The molecule has 0 aliphatic heterocycles. The first-order valence-corrected chi connectivity index (χ1v) is 9.69. The van der Waals surface area contributed by atoms with Gasteiger partial charge in [0.05, 0.1) is 39.4 Å². The third-order valence-electron chi connectivity index (χ3n) is 4.18. The highest BCUT2D eigenvalue weighted by atomic mass is 16.6. The van der Waals surface area contributed by atoms with Gasteiger partial charge in [0, 0.05) is 6.07 Å². The van der Waals surface area contributed by atoms with Crippen molar-refractivity contribution in [3.8, 4) is 34.4 Å². The summed E-state index contributed by atoms with van der Waals surface area (Å²) in [6.07, 6.45) is 0.0838. The van der Waals surface area contributed by atoms with Crippen molar-refractivity contribution in [3.05, 3.63) is 48.4 Å². The van der Waals surface area contributed by atoms with Gasteiger partial charge in [-0.2, -0.15) is 4.98 Å². The minimum Gasteiger partial charge on any atom is -0.497 e. The van der Waals surface area contributed by atoms with Crippen molar-refractivity contribution >= 4 is 5.97 Å². The molecule has 0 bridgehead atoms. The zero-order chi connectivity index (χ0) is 22.1. The van der Waals surface area contributed by atoms with Gasteiger partial charge in [0.25, 0.3) is 5.89 Å². The van der Waals surface area contributed by atoms with Crippen molar-refractivity contribution in [2.75, 3.05) is 27.4 Å². The fourth-order valence-corrected chi connectivity index (χ4v) is 2.67. The molecule has 1 aromatic heterocycles. The van der Waals surface area contributed by atoms with E-state index in [1.165, 1.54) is 7.11 Å². The molecule has 31 heavy (non-hydrogen) atoms. The highest BCUT2D eigenvalue weighted by Gasteiger charge is 2.15. The van der Waals surface area contributed by atoms with Gasteiger partial charge in [-0.25, -0.2) is 0 Å². The highest BCUT2D eigenvalue weighted by molar-refractivity contribution is 5.69. The van der Waals surface area contributed by atoms with E-state index in [-0.39, 0.29) is 25.5 Å². The molecule has 0 radical (unpaired) electrons. The third-order valence-corrected chi connectivity index (χ3v) is 4.18. The van der Waals surface area contributed by atoms with Crippen molar-refractivity contribution in [3.63, 3.8) is 0 Å². The van der Waals surface area contributed by atoms with Crippen LogP contribution in [0, 0.1) is 0 Å². The van der Waals surface area contributed by atoms with Crippen molar-refractivity contribution in [1.82, 2.24) is 10.1 Å². The van der Waals surface area contributed by atoms with Crippen LogP contribution in [0.15, 0.2) is 47.0 Å². The van der Waals surface area contributed by atoms with Crippen LogP contribution in [0.1, 0.15) is 19.2 Å². The molecule has 0 saturated heterocycles. The van der Waals surface area contributed by atoms with Crippen molar-refractivity contribution in [2.24, 2.45) is 0 Å². The monoisotopic (exact) mass is 428 g/mol. The molecule has 9 heteroatoms. The molecule has 2 aromatic carbocycles. The number of nitrogens with zero attached hydrogens (tertiary/aromatic N) is 2. The summed E-state index contributed by atoms with van der Waals surface area (Å²) in [5.74, 6) is 2.65. The van der Waals surface area contributed by atoms with E-state index >= 15 is 0 Å². The van der Waals surface area contributed by atoms with Gasteiger partial charge < -0.3 is 28.2 Å². The summed E-state index contributed by atoms with van der Waals surface area (Å²) in [6.45, 7) is 2.57. The van der Waals surface area contributed by atoms with E-state index in [0.29, 0.717) is 35.2 Å². The lowest BCUT2D eigenvalue weighted by molar-refractivity contribution is -0.146. The SMILES string of the molecule is CCOc1ccc(OCCC(=O)OCc2nc(-c3ccc(OC)cc3OC)no2)cc1. The molecule has 0 amide bonds. The maximum Gasteiger partial charge on any atom is 0.309 e. The number of methoxy groups -OCH3 is 2. The zero-order valence-electron chi connectivity index (χ0n) is 17.6. The molecule has 0 fully saturated rings. The Balaban J connectivity index is 1.46. The van der Waals surface area contributed by atoms with Gasteiger partial charge >= 0.3 is 5.97 Å². The first-order chi connectivity index (χ1) is 15.1. The lowest BCUT2D eigenvalue weighted by Gasteiger charge is -2.07. The number of hydrogen-bond acceptors (Lipinski definition) is 9. The minimum absolute atomic E-state index is 0.0838. The number of rotatable bonds is 11. The van der Waals surface area contributed by atoms with Gasteiger partial charge in [-0.05, 0) is 43.3 Å². The van der Waals surface area contributed by atoms with Gasteiger partial charge in [-0.1, -0.05) is 5.16 Å². The molecule has 0 unspecified atom stereocenters. The molecule has 1 heterocycles. The summed E-state index contributed by atoms with van der Waals surface area (Å²) >= 11 is 0. The summed E-state index contributed by atoms with van der Waals surface area (Å²) in [5, 5.41) is 3.92. The van der Waals surface area contributed by atoms with Crippen LogP contribution in [-0.2, 0) is 16.1 Å². The second-order valence-corrected chi connectivity index (χ2v) is 6.24. The molecule has 164 valence electrons. The molecule has 3 rings (SSSR count). The van der Waals surface area contributed by atoms with Crippen LogP contribution in [0.3, 0.4) is 0 Å². The van der Waals surface area contributed by atoms with Crippen LogP contribution in [0.25, 0.3) is 11.4 Å². The first-order valence-electron chi connectivity index (χ1n) is 9.69. The maximum absolute atomic E-state index is 11.9. The topological polar surface area (TPSA) is 102 Å². The molecule has 0 aliphatic rings. The summed E-state index contributed by atoms with van der Waals surface area (Å²) in [6, 6.07) is 12.4. The van der Waals surface area contributed by atoms with Gasteiger partial charge in [0.2, 0.25) is 5.82 Å². The molecule has 0 N–H and O–H groups in total. The Morgan fingerprint density at radius 3 is 2.35 bits per heavy atom. The van der Waals surface area contributed by atoms with E-state index < -0.39 is 5.97 Å². The van der Waals surface area contributed by atoms with Crippen LogP contribution in [0.4, 0.5) is 0 Å². The zero-order valence-corrected chi connectivity index (χ0v) is 17.6. The van der Waals surface area contributed by atoms with Gasteiger partial charge in [0.1, 0.15) is 23.0 Å². The quantitative estimate of drug-likeness (QED) is 0.423. The molecule has 3 aromatic rings. The number of ether oxygens (including phenoxy) is 5. The van der Waals surface area contributed by atoms with E-state index in [1.54, 1.807) is 37.4 Å². The predicted octanol–water partition coefficient (Wildman–Crippen LogP) is 3.66. The van der Waals surface area contributed by atoms with Gasteiger partial charge in [-0.15, -0.1) is 0 Å². The number of carbonyl (C=O) groups is 1. The van der Waals surface area contributed by atoms with Crippen LogP contribution < -0.4 is 18.9 Å². The second-order valence-electron chi connectivity index (χ2n) is 6.24. The smallest absolute Gasteiger partial charge is 0.309 e. The first kappa shape index (κ1) is 21.9. The summed E-state index contributed by atoms with van der Waals surface area (Å²) in [4.78, 5) is 16.2. The van der Waals surface area contributed by atoms with Gasteiger partial charge in [0.15, 0.2) is 6.61 Å². The number of benzene rings is 2. The standard InChI is InChI=1S/C22H24N2O7/c1-4-28-15-5-7-16(8-6-15)29-12-11-21(25)30-14-20-23-22(24-31-20)18-10-9-17(26-2)13-19(18)27-3/h5-10,13H,4,11-12,14H2,1-3H3. The van der Waals surface area contributed by atoms with Gasteiger partial charge in [-0.3, -0.25) is 4.79 Å². The van der Waals surface area contributed by atoms with E-state index in [2.05, 4.69) is 10.1 Å². The summed E-state index contributed by atoms with van der Waals surface area (Å²) in [7, 11) is 3.11. The fraction of sp³-hybridized carbons (Fsp3) is 0.318. The second kappa shape index (κ2) is 10.9. The lowest BCUT2D eigenvalue weighted by Crippen LogP contribution is -2.10. The number of aromatic nitrogens is 2. The average Bonchev–Trinajstić information content (AvgIpc) is 3.27. The van der Waals surface area contributed by atoms with E-state index in [4.69, 9.17) is 28.2 Å². The largest absolute Gasteiger partial charge is 0.497 e. The maximum atomic E-state index is 11.9. The predicted molar refractivity (Wildman–Crippen MR) is 110 cm³/mol. The van der Waals surface area contributed by atoms with Crippen LogP contribution in [0.5, 0.6) is 23.0 Å². The Kier molecular flexibility index (Phi) is 7.69. The number of esters is 1. The minimum atomic E-state index is -0.437. The third kappa shape index (κ3) is 6.11.